The molecule has 4 aromatic rings. The van der Waals surface area contributed by atoms with Gasteiger partial charge in [0.25, 0.3) is 5.91 Å². The van der Waals surface area contributed by atoms with E-state index in [2.05, 4.69) is 58.4 Å². The Labute approximate surface area is 192 Å². The van der Waals surface area contributed by atoms with Gasteiger partial charge in [0.1, 0.15) is 0 Å². The van der Waals surface area contributed by atoms with Crippen molar-refractivity contribution in [2.75, 3.05) is 18.8 Å². The highest BCUT2D eigenvalue weighted by molar-refractivity contribution is 6.07. The first-order valence-corrected chi connectivity index (χ1v) is 11.6. The maximum Gasteiger partial charge on any atom is 0.256 e. The van der Waals surface area contributed by atoms with Crippen LogP contribution >= 0.6 is 0 Å². The number of para-hydroxylation sites is 1. The fourth-order valence-electron chi connectivity index (χ4n) is 5.48. The number of carbonyl (C=O) groups excluding carboxylic acids is 1. The number of nitrogens with one attached hydrogen (secondary N) is 1. The predicted octanol–water partition coefficient (Wildman–Crippen LogP) is 4.77. The first-order valence-electron chi connectivity index (χ1n) is 11.6. The molecule has 0 bridgehead atoms. The zero-order valence-electron chi connectivity index (χ0n) is 18.7. The highest BCUT2D eigenvalue weighted by atomic mass is 16.2. The summed E-state index contributed by atoms with van der Waals surface area (Å²) < 4.78 is 0. The smallest absolute Gasteiger partial charge is 0.256 e. The third kappa shape index (κ3) is 3.12. The van der Waals surface area contributed by atoms with E-state index in [0.29, 0.717) is 5.92 Å². The van der Waals surface area contributed by atoms with E-state index < -0.39 is 0 Å². The minimum Gasteiger partial charge on any atom is -0.368 e. The molecule has 1 aliphatic carbocycles. The molecule has 1 amide bonds. The number of carbonyl (C=O) groups is 1. The van der Waals surface area contributed by atoms with Crippen LogP contribution in [0.1, 0.15) is 47.7 Å². The molecule has 0 atom stereocenters. The summed E-state index contributed by atoms with van der Waals surface area (Å²) in [6.45, 7) is 3.87. The van der Waals surface area contributed by atoms with Crippen molar-refractivity contribution in [1.29, 1.82) is 0 Å². The van der Waals surface area contributed by atoms with Gasteiger partial charge in [-0.15, -0.1) is 0 Å². The second-order valence-electron chi connectivity index (χ2n) is 9.59. The lowest BCUT2D eigenvalue weighted by Crippen LogP contribution is -2.48. The van der Waals surface area contributed by atoms with Gasteiger partial charge in [0.05, 0.1) is 11.1 Å². The fraction of sp³-hybridized carbons (Fsp3) is 0.296. The first-order chi connectivity index (χ1) is 16.0. The molecule has 3 heterocycles. The molecule has 1 aliphatic heterocycles. The molecule has 2 aromatic heterocycles. The molecule has 2 fully saturated rings. The van der Waals surface area contributed by atoms with Gasteiger partial charge >= 0.3 is 0 Å². The van der Waals surface area contributed by atoms with Crippen molar-refractivity contribution < 1.29 is 4.79 Å². The summed E-state index contributed by atoms with van der Waals surface area (Å²) in [5, 5.41) is 1.16. The average molecular weight is 438 g/mol. The first kappa shape index (κ1) is 20.0. The van der Waals surface area contributed by atoms with Gasteiger partial charge < -0.3 is 15.6 Å². The minimum atomic E-state index is -0.0265. The van der Waals surface area contributed by atoms with E-state index in [1.54, 1.807) is 12.4 Å². The van der Waals surface area contributed by atoms with Crippen molar-refractivity contribution in [2.45, 2.75) is 31.6 Å². The Kier molecular flexibility index (Phi) is 4.50. The van der Waals surface area contributed by atoms with Crippen LogP contribution in [0.3, 0.4) is 0 Å². The lowest BCUT2D eigenvalue weighted by molar-refractivity contribution is 0.0532. The largest absolute Gasteiger partial charge is 0.368 e. The van der Waals surface area contributed by atoms with Gasteiger partial charge in [-0.05, 0) is 41.5 Å². The van der Waals surface area contributed by atoms with E-state index >= 15 is 0 Å². The van der Waals surface area contributed by atoms with E-state index in [1.807, 2.05) is 17.0 Å². The fourth-order valence-corrected chi connectivity index (χ4v) is 5.48. The van der Waals surface area contributed by atoms with Gasteiger partial charge in [-0.2, -0.15) is 0 Å². The second kappa shape index (κ2) is 7.44. The predicted molar refractivity (Wildman–Crippen MR) is 130 cm³/mol. The number of aromatic nitrogens is 3. The molecule has 6 nitrogen and oxygen atoms in total. The molecule has 2 aliphatic rings. The quantitative estimate of drug-likeness (QED) is 0.481. The number of H-pyrrole nitrogens is 1. The van der Waals surface area contributed by atoms with Crippen LogP contribution in [-0.2, 0) is 5.41 Å². The molecule has 6 heteroatoms. The molecule has 2 aromatic carbocycles. The molecule has 0 radical (unpaired) electrons. The molecule has 0 spiro atoms. The number of aromatic amines is 1. The summed E-state index contributed by atoms with van der Waals surface area (Å²) in [5.74, 6) is 1.00. The Morgan fingerprint density at radius 2 is 1.79 bits per heavy atom. The number of hydrogen-bond acceptors (Lipinski definition) is 4. The van der Waals surface area contributed by atoms with E-state index in [0.717, 1.165) is 53.5 Å². The number of anilines is 1. The van der Waals surface area contributed by atoms with Gasteiger partial charge in [-0.3, -0.25) is 4.79 Å². The van der Waals surface area contributed by atoms with Gasteiger partial charge in [0.15, 0.2) is 0 Å². The normalized spacial score (nSPS) is 17.5. The lowest BCUT2D eigenvalue weighted by Gasteiger charge is -2.43. The van der Waals surface area contributed by atoms with E-state index in [9.17, 15) is 4.79 Å². The van der Waals surface area contributed by atoms with Gasteiger partial charge in [0, 0.05) is 48.0 Å². The van der Waals surface area contributed by atoms with Crippen molar-refractivity contribution >= 4 is 22.8 Å². The van der Waals surface area contributed by atoms with Crippen LogP contribution in [0.5, 0.6) is 0 Å². The van der Waals surface area contributed by atoms with Gasteiger partial charge in [-0.25, -0.2) is 9.97 Å². The van der Waals surface area contributed by atoms with Crippen LogP contribution in [0.4, 0.5) is 5.95 Å². The summed E-state index contributed by atoms with van der Waals surface area (Å²) in [6.07, 6.45) is 9.05. The summed E-state index contributed by atoms with van der Waals surface area (Å²) >= 11 is 0. The summed E-state index contributed by atoms with van der Waals surface area (Å²) in [5.41, 5.74) is 12.0. The number of likely N-dealkylation sites (tertiary alicyclic amines) is 1. The van der Waals surface area contributed by atoms with Crippen LogP contribution in [0.15, 0.2) is 61.1 Å². The number of fused-ring (bicyclic) bond motifs is 1. The average Bonchev–Trinajstić information content (AvgIpc) is 3.21. The molecule has 166 valence electrons. The van der Waals surface area contributed by atoms with E-state index in [4.69, 9.17) is 5.73 Å². The summed E-state index contributed by atoms with van der Waals surface area (Å²) in [6, 6.07) is 14.8. The molecular formula is C27H27N5O. The molecular weight excluding hydrogens is 410 g/mol. The molecule has 1 saturated heterocycles. The Morgan fingerprint density at radius 1 is 1.06 bits per heavy atom. The van der Waals surface area contributed by atoms with Crippen LogP contribution < -0.4 is 5.73 Å². The van der Waals surface area contributed by atoms with Crippen molar-refractivity contribution in [1.82, 2.24) is 19.9 Å². The molecule has 3 N–H and O–H groups in total. The Bertz CT molecular complexity index is 1330. The van der Waals surface area contributed by atoms with Gasteiger partial charge in [0.2, 0.25) is 5.95 Å². The highest BCUT2D eigenvalue weighted by Gasteiger charge is 2.42. The molecule has 33 heavy (non-hydrogen) atoms. The van der Waals surface area contributed by atoms with Crippen molar-refractivity contribution in [3.05, 3.63) is 77.7 Å². The SMILES string of the molecule is CC1CN(C(=O)c2cccc3c(C4(c5ccc(-c6cnc(N)nc6)cc5)CCC4)c[nH]c23)C1. The lowest BCUT2D eigenvalue weighted by atomic mass is 9.60. The van der Waals surface area contributed by atoms with E-state index in [1.165, 1.54) is 17.5 Å². The third-order valence-corrected chi connectivity index (χ3v) is 7.46. The molecule has 0 unspecified atom stereocenters. The van der Waals surface area contributed by atoms with Crippen molar-refractivity contribution in [2.24, 2.45) is 5.92 Å². The highest BCUT2D eigenvalue weighted by Crippen LogP contribution is 2.51. The monoisotopic (exact) mass is 437 g/mol. The Balaban J connectivity index is 1.37. The minimum absolute atomic E-state index is 0.0265. The number of amides is 1. The number of rotatable bonds is 4. The Hall–Kier alpha value is -3.67. The standard InChI is InChI=1S/C27H27N5O/c1-17-15-32(16-17)25(33)22-5-2-4-21-23(14-29-24(21)22)27(10-3-11-27)20-8-6-18(7-9-20)19-12-30-26(28)31-13-19/h2,4-9,12-14,17,29H,3,10-11,15-16H2,1H3,(H2,28,30,31). The maximum atomic E-state index is 13.1. The number of benzene rings is 2. The molecule has 6 rings (SSSR count). The maximum absolute atomic E-state index is 13.1. The zero-order valence-corrected chi connectivity index (χ0v) is 18.7. The molecule has 1 saturated carbocycles. The summed E-state index contributed by atoms with van der Waals surface area (Å²) in [4.78, 5) is 26.7. The van der Waals surface area contributed by atoms with Crippen LogP contribution in [0, 0.1) is 5.92 Å². The van der Waals surface area contributed by atoms with Crippen LogP contribution in [-0.4, -0.2) is 38.8 Å². The third-order valence-electron chi connectivity index (χ3n) is 7.46. The zero-order chi connectivity index (χ0) is 22.6. The van der Waals surface area contributed by atoms with Crippen LogP contribution in [0.25, 0.3) is 22.0 Å². The Morgan fingerprint density at radius 3 is 2.42 bits per heavy atom. The number of nitrogens with two attached hydrogens (primary N) is 1. The second-order valence-corrected chi connectivity index (χ2v) is 9.59. The number of nitrogens with zero attached hydrogens (tertiary/aromatic N) is 3. The van der Waals surface area contributed by atoms with Crippen molar-refractivity contribution in [3.63, 3.8) is 0 Å². The van der Waals surface area contributed by atoms with Crippen molar-refractivity contribution in [3.8, 4) is 11.1 Å². The number of nitrogen functional groups attached to an aromatic ring is 1. The van der Waals surface area contributed by atoms with Crippen LogP contribution in [0.2, 0.25) is 0 Å². The van der Waals surface area contributed by atoms with Gasteiger partial charge in [-0.1, -0.05) is 49.7 Å². The number of hydrogen-bond donors (Lipinski definition) is 2. The summed E-state index contributed by atoms with van der Waals surface area (Å²) in [7, 11) is 0. The topological polar surface area (TPSA) is 87.9 Å². The van der Waals surface area contributed by atoms with E-state index in [-0.39, 0.29) is 17.3 Å².